The Morgan fingerprint density at radius 1 is 1.29 bits per heavy atom. The van der Waals surface area contributed by atoms with Gasteiger partial charge in [0.1, 0.15) is 5.54 Å². The number of likely N-dealkylation sites (N-methyl/N-ethyl adjacent to an activating group) is 1. The van der Waals surface area contributed by atoms with Gasteiger partial charge in [0.15, 0.2) is 0 Å². The second-order valence-corrected chi connectivity index (χ2v) is 7.52. The highest BCUT2D eigenvalue weighted by Crippen LogP contribution is 2.27. The van der Waals surface area contributed by atoms with E-state index in [1.165, 1.54) is 0 Å². The molecule has 2 saturated heterocycles. The van der Waals surface area contributed by atoms with Gasteiger partial charge in [0, 0.05) is 43.2 Å². The van der Waals surface area contributed by atoms with Gasteiger partial charge in [0.25, 0.3) is 5.91 Å². The van der Waals surface area contributed by atoms with E-state index < -0.39 is 5.54 Å². The van der Waals surface area contributed by atoms with Crippen molar-refractivity contribution in [1.82, 2.24) is 10.2 Å². The SMILES string of the molecule is CCN1CCN(c2ccc(C(=O)N[C@]3(C#N)CCSC3)cc2)CC1. The third-order valence-electron chi connectivity index (χ3n) is 4.90. The number of piperazine rings is 1. The standard InChI is InChI=1S/C18H24N4OS/c1-2-21-8-10-22(11-9-21)16-5-3-15(4-6-16)17(23)20-18(13-19)7-12-24-14-18/h3-6H,2,7-12,14H2,1H3,(H,20,23)/t18-/m0/s1. The molecule has 6 heteroatoms. The number of hydrogen-bond donors (Lipinski definition) is 1. The van der Waals surface area contributed by atoms with Gasteiger partial charge in [-0.25, -0.2) is 0 Å². The zero-order chi connectivity index (χ0) is 17.0. The maximum absolute atomic E-state index is 12.4. The van der Waals surface area contributed by atoms with Gasteiger partial charge in [0.05, 0.1) is 6.07 Å². The zero-order valence-corrected chi connectivity index (χ0v) is 14.9. The van der Waals surface area contributed by atoms with Crippen molar-refractivity contribution in [3.05, 3.63) is 29.8 Å². The van der Waals surface area contributed by atoms with Crippen molar-refractivity contribution >= 4 is 23.4 Å². The Kier molecular flexibility index (Phi) is 5.32. The Morgan fingerprint density at radius 3 is 2.54 bits per heavy atom. The quantitative estimate of drug-likeness (QED) is 0.905. The van der Waals surface area contributed by atoms with Crippen LogP contribution < -0.4 is 10.2 Å². The largest absolute Gasteiger partial charge is 0.369 e. The van der Waals surface area contributed by atoms with Crippen LogP contribution in [0.4, 0.5) is 5.69 Å². The molecular weight excluding hydrogens is 320 g/mol. The van der Waals surface area contributed by atoms with Gasteiger partial charge in [-0.1, -0.05) is 6.92 Å². The fourth-order valence-corrected chi connectivity index (χ4v) is 4.48. The van der Waals surface area contributed by atoms with Crippen LogP contribution in [-0.4, -0.2) is 60.6 Å². The first kappa shape index (κ1) is 17.1. The molecule has 1 N–H and O–H groups in total. The summed E-state index contributed by atoms with van der Waals surface area (Å²) in [6.45, 7) is 7.51. The van der Waals surface area contributed by atoms with Crippen LogP contribution in [0, 0.1) is 11.3 Å². The molecule has 1 aromatic rings. The molecule has 1 atom stereocenters. The highest BCUT2D eigenvalue weighted by atomic mass is 32.2. The third-order valence-corrected chi connectivity index (χ3v) is 6.09. The lowest BCUT2D eigenvalue weighted by Crippen LogP contribution is -2.47. The van der Waals surface area contributed by atoms with Crippen molar-refractivity contribution in [3.8, 4) is 6.07 Å². The Bertz CT molecular complexity index is 611. The van der Waals surface area contributed by atoms with Crippen LogP contribution in [0.3, 0.4) is 0 Å². The van der Waals surface area contributed by atoms with Gasteiger partial charge in [-0.15, -0.1) is 0 Å². The van der Waals surface area contributed by atoms with Gasteiger partial charge in [-0.05, 0) is 43.0 Å². The molecule has 24 heavy (non-hydrogen) atoms. The van der Waals surface area contributed by atoms with Crippen LogP contribution >= 0.6 is 11.8 Å². The number of amides is 1. The summed E-state index contributed by atoms with van der Waals surface area (Å²) in [4.78, 5) is 17.2. The molecule has 1 amide bonds. The lowest BCUT2D eigenvalue weighted by atomic mass is 10.0. The minimum atomic E-state index is -0.698. The van der Waals surface area contributed by atoms with Crippen LogP contribution in [0.5, 0.6) is 0 Å². The highest BCUT2D eigenvalue weighted by Gasteiger charge is 2.36. The average Bonchev–Trinajstić information content (AvgIpc) is 3.11. The van der Waals surface area contributed by atoms with Crippen LogP contribution in [0.1, 0.15) is 23.7 Å². The second-order valence-electron chi connectivity index (χ2n) is 6.42. The number of thioether (sulfide) groups is 1. The van der Waals surface area contributed by atoms with E-state index in [1.54, 1.807) is 11.8 Å². The van der Waals surface area contributed by atoms with E-state index in [-0.39, 0.29) is 5.91 Å². The van der Waals surface area contributed by atoms with Crippen molar-refractivity contribution < 1.29 is 4.79 Å². The number of nitriles is 1. The van der Waals surface area contributed by atoms with Crippen LogP contribution in [0.15, 0.2) is 24.3 Å². The van der Waals surface area contributed by atoms with E-state index in [0.717, 1.165) is 50.6 Å². The number of hydrogen-bond acceptors (Lipinski definition) is 5. The fourth-order valence-electron chi connectivity index (χ4n) is 3.22. The van der Waals surface area contributed by atoms with Crippen molar-refractivity contribution in [3.63, 3.8) is 0 Å². The van der Waals surface area contributed by atoms with Crippen LogP contribution in [-0.2, 0) is 0 Å². The molecule has 128 valence electrons. The summed E-state index contributed by atoms with van der Waals surface area (Å²) in [6.07, 6.45) is 0.722. The van der Waals surface area contributed by atoms with E-state index in [0.29, 0.717) is 11.3 Å². The Balaban J connectivity index is 1.62. The molecule has 0 radical (unpaired) electrons. The summed E-state index contributed by atoms with van der Waals surface area (Å²) in [7, 11) is 0. The molecule has 2 aliphatic heterocycles. The average molecular weight is 344 g/mol. The Hall–Kier alpha value is -1.71. The van der Waals surface area contributed by atoms with E-state index >= 15 is 0 Å². The van der Waals surface area contributed by atoms with Gasteiger partial charge in [-0.2, -0.15) is 17.0 Å². The monoisotopic (exact) mass is 344 g/mol. The first-order valence-corrected chi connectivity index (χ1v) is 9.70. The number of carbonyl (C=O) groups excluding carboxylic acids is 1. The number of rotatable bonds is 4. The van der Waals surface area contributed by atoms with Crippen molar-refractivity contribution in [2.45, 2.75) is 18.9 Å². The number of benzene rings is 1. The lowest BCUT2D eigenvalue weighted by Gasteiger charge is -2.35. The van der Waals surface area contributed by atoms with Gasteiger partial charge >= 0.3 is 0 Å². The molecule has 1 aromatic carbocycles. The molecule has 2 fully saturated rings. The normalized spacial score (nSPS) is 24.6. The summed E-state index contributed by atoms with van der Waals surface area (Å²) in [6, 6.07) is 10.0. The van der Waals surface area contributed by atoms with Crippen molar-refractivity contribution in [2.75, 3.05) is 49.1 Å². The molecule has 0 unspecified atom stereocenters. The summed E-state index contributed by atoms with van der Waals surface area (Å²) >= 11 is 1.72. The van der Waals surface area contributed by atoms with Crippen molar-refractivity contribution in [1.29, 1.82) is 5.26 Å². The molecule has 0 spiro atoms. The molecule has 0 saturated carbocycles. The first-order valence-electron chi connectivity index (χ1n) is 8.55. The van der Waals surface area contributed by atoms with E-state index in [4.69, 9.17) is 0 Å². The molecule has 2 aliphatic rings. The number of carbonyl (C=O) groups is 1. The highest BCUT2D eigenvalue weighted by molar-refractivity contribution is 7.99. The molecule has 0 bridgehead atoms. The third kappa shape index (κ3) is 3.68. The first-order chi connectivity index (χ1) is 11.7. The summed E-state index contributed by atoms with van der Waals surface area (Å²) in [5.41, 5.74) is 1.09. The molecular formula is C18H24N4OS. The Morgan fingerprint density at radius 2 is 2.00 bits per heavy atom. The maximum atomic E-state index is 12.4. The Labute approximate surface area is 148 Å². The van der Waals surface area contributed by atoms with E-state index in [2.05, 4.69) is 28.1 Å². The summed E-state index contributed by atoms with van der Waals surface area (Å²) in [5, 5.41) is 12.3. The second kappa shape index (κ2) is 7.45. The summed E-state index contributed by atoms with van der Waals surface area (Å²) in [5.74, 6) is 1.45. The smallest absolute Gasteiger partial charge is 0.252 e. The van der Waals surface area contributed by atoms with Crippen LogP contribution in [0.2, 0.25) is 0 Å². The zero-order valence-electron chi connectivity index (χ0n) is 14.1. The number of anilines is 1. The molecule has 2 heterocycles. The molecule has 3 rings (SSSR count). The number of nitrogens with one attached hydrogen (secondary N) is 1. The molecule has 0 aliphatic carbocycles. The fraction of sp³-hybridized carbons (Fsp3) is 0.556. The molecule has 0 aromatic heterocycles. The van der Waals surface area contributed by atoms with Gasteiger partial charge < -0.3 is 15.1 Å². The predicted molar refractivity (Wildman–Crippen MR) is 98.5 cm³/mol. The van der Waals surface area contributed by atoms with E-state index in [1.807, 2.05) is 24.3 Å². The topological polar surface area (TPSA) is 59.4 Å². The maximum Gasteiger partial charge on any atom is 0.252 e. The minimum absolute atomic E-state index is 0.151. The molecule has 5 nitrogen and oxygen atoms in total. The predicted octanol–water partition coefficient (Wildman–Crippen LogP) is 1.96. The van der Waals surface area contributed by atoms with Gasteiger partial charge in [-0.3, -0.25) is 4.79 Å². The summed E-state index contributed by atoms with van der Waals surface area (Å²) < 4.78 is 0. The van der Waals surface area contributed by atoms with Crippen LogP contribution in [0.25, 0.3) is 0 Å². The van der Waals surface area contributed by atoms with Crippen molar-refractivity contribution in [2.24, 2.45) is 0 Å². The van der Waals surface area contributed by atoms with E-state index in [9.17, 15) is 10.1 Å². The minimum Gasteiger partial charge on any atom is -0.369 e. The number of nitrogens with zero attached hydrogens (tertiary/aromatic N) is 3. The lowest BCUT2D eigenvalue weighted by molar-refractivity contribution is 0.0926. The van der Waals surface area contributed by atoms with Gasteiger partial charge in [0.2, 0.25) is 0 Å².